The lowest BCUT2D eigenvalue weighted by Crippen LogP contribution is -2.11. The maximum absolute atomic E-state index is 12.3. The third-order valence-electron chi connectivity index (χ3n) is 3.93. The van der Waals surface area contributed by atoms with Crippen LogP contribution in [0.2, 0.25) is 0 Å². The largest absolute Gasteiger partial charge is 0.486 e. The molecule has 0 spiro atoms. The van der Waals surface area contributed by atoms with E-state index in [-0.39, 0.29) is 18.1 Å². The van der Waals surface area contributed by atoms with E-state index in [4.69, 9.17) is 14.4 Å². The summed E-state index contributed by atoms with van der Waals surface area (Å²) in [4.78, 5) is 22.7. The number of aryl methyl sites for hydroxylation is 1. The van der Waals surface area contributed by atoms with Crippen molar-refractivity contribution in [3.8, 4) is 11.8 Å². The minimum absolute atomic E-state index is 0.0157. The number of carbonyl (C=O) groups excluding carboxylic acids is 1. The zero-order chi connectivity index (χ0) is 20.1. The van der Waals surface area contributed by atoms with Crippen LogP contribution in [-0.2, 0) is 6.61 Å². The standard InChI is InChI=1S/C20H15N3O5/c1-13-10-15(6-8-18(13)23(25)26)27-12-16-7-9-19(28-16)20(24)22-17-5-3-2-4-14(17)11-21/h2-10H,12H2,1H3,(H,22,24). The maximum Gasteiger partial charge on any atom is 0.291 e. The fourth-order valence-corrected chi connectivity index (χ4v) is 2.53. The summed E-state index contributed by atoms with van der Waals surface area (Å²) in [5.74, 6) is 0.453. The van der Waals surface area contributed by atoms with E-state index in [1.54, 1.807) is 43.3 Å². The Kier molecular flexibility index (Phi) is 5.37. The summed E-state index contributed by atoms with van der Waals surface area (Å²) in [5.41, 5.74) is 1.24. The second-order valence-electron chi connectivity index (χ2n) is 5.87. The molecular formula is C20H15N3O5. The SMILES string of the molecule is Cc1cc(OCc2ccc(C(=O)Nc3ccccc3C#N)o2)ccc1[N+](=O)[O-]. The van der Waals surface area contributed by atoms with Gasteiger partial charge < -0.3 is 14.5 Å². The van der Waals surface area contributed by atoms with Crippen molar-refractivity contribution in [2.75, 3.05) is 5.32 Å². The molecule has 0 saturated carbocycles. The molecule has 0 atom stereocenters. The first kappa shape index (κ1) is 18.7. The van der Waals surface area contributed by atoms with E-state index in [2.05, 4.69) is 5.32 Å². The summed E-state index contributed by atoms with van der Waals surface area (Å²) in [5, 5.41) is 22.5. The van der Waals surface area contributed by atoms with E-state index in [0.717, 1.165) is 0 Å². The zero-order valence-corrected chi connectivity index (χ0v) is 14.8. The quantitative estimate of drug-likeness (QED) is 0.508. The first-order valence-electron chi connectivity index (χ1n) is 8.25. The molecule has 0 aliphatic rings. The van der Waals surface area contributed by atoms with Gasteiger partial charge in [0.05, 0.1) is 16.2 Å². The molecule has 28 heavy (non-hydrogen) atoms. The lowest BCUT2D eigenvalue weighted by atomic mass is 10.2. The molecule has 8 heteroatoms. The van der Waals surface area contributed by atoms with Gasteiger partial charge in [-0.05, 0) is 43.3 Å². The van der Waals surface area contributed by atoms with Crippen LogP contribution in [0, 0.1) is 28.4 Å². The molecule has 3 aromatic rings. The minimum atomic E-state index is -0.486. The molecule has 0 radical (unpaired) electrons. The van der Waals surface area contributed by atoms with Crippen LogP contribution in [0.25, 0.3) is 0 Å². The summed E-state index contributed by atoms with van der Waals surface area (Å²) in [6.07, 6.45) is 0. The zero-order valence-electron chi connectivity index (χ0n) is 14.8. The molecule has 8 nitrogen and oxygen atoms in total. The Bertz CT molecular complexity index is 1080. The fourth-order valence-electron chi connectivity index (χ4n) is 2.53. The van der Waals surface area contributed by atoms with Crippen LogP contribution in [0.5, 0.6) is 5.75 Å². The molecule has 140 valence electrons. The first-order chi connectivity index (χ1) is 13.5. The summed E-state index contributed by atoms with van der Waals surface area (Å²) in [6.45, 7) is 1.68. The van der Waals surface area contributed by atoms with Gasteiger partial charge in [-0.15, -0.1) is 0 Å². The molecule has 0 aliphatic carbocycles. The fraction of sp³-hybridized carbons (Fsp3) is 0.100. The van der Waals surface area contributed by atoms with E-state index >= 15 is 0 Å². The van der Waals surface area contributed by atoms with Crippen molar-refractivity contribution in [1.29, 1.82) is 5.26 Å². The topological polar surface area (TPSA) is 118 Å². The number of hydrogen-bond acceptors (Lipinski definition) is 6. The molecule has 1 heterocycles. The molecule has 0 bridgehead atoms. The summed E-state index contributed by atoms with van der Waals surface area (Å²) >= 11 is 0. The van der Waals surface area contributed by atoms with Crippen LogP contribution in [0.3, 0.4) is 0 Å². The predicted octanol–water partition coefficient (Wildman–Crippen LogP) is 4.20. The van der Waals surface area contributed by atoms with E-state index < -0.39 is 10.8 Å². The third kappa shape index (κ3) is 4.16. The highest BCUT2D eigenvalue weighted by Gasteiger charge is 2.14. The van der Waals surface area contributed by atoms with Crippen molar-refractivity contribution in [2.24, 2.45) is 0 Å². The van der Waals surface area contributed by atoms with E-state index in [1.165, 1.54) is 18.2 Å². The predicted molar refractivity (Wildman–Crippen MR) is 100.0 cm³/mol. The number of nitrogens with zero attached hydrogens (tertiary/aromatic N) is 2. The smallest absolute Gasteiger partial charge is 0.291 e. The van der Waals surface area contributed by atoms with Crippen molar-refractivity contribution in [3.63, 3.8) is 0 Å². The Morgan fingerprint density at radius 2 is 2.04 bits per heavy atom. The average Bonchev–Trinajstić information content (AvgIpc) is 3.16. The summed E-state index contributed by atoms with van der Waals surface area (Å²) in [6, 6.07) is 16.2. The number of para-hydroxylation sites is 1. The highest BCUT2D eigenvalue weighted by atomic mass is 16.6. The van der Waals surface area contributed by atoms with Crippen LogP contribution in [-0.4, -0.2) is 10.8 Å². The minimum Gasteiger partial charge on any atom is -0.486 e. The van der Waals surface area contributed by atoms with Crippen molar-refractivity contribution in [2.45, 2.75) is 13.5 Å². The number of benzene rings is 2. The Hall–Kier alpha value is -4.12. The van der Waals surface area contributed by atoms with Crippen molar-refractivity contribution < 1.29 is 18.9 Å². The van der Waals surface area contributed by atoms with E-state index in [0.29, 0.717) is 28.3 Å². The van der Waals surface area contributed by atoms with Crippen molar-refractivity contribution in [3.05, 3.63) is 87.4 Å². The normalized spacial score (nSPS) is 10.1. The number of nitriles is 1. The van der Waals surface area contributed by atoms with Crippen LogP contribution in [0.1, 0.15) is 27.4 Å². The first-order valence-corrected chi connectivity index (χ1v) is 8.25. The van der Waals surface area contributed by atoms with Gasteiger partial charge in [-0.2, -0.15) is 5.26 Å². The number of rotatable bonds is 6. The number of furan rings is 1. The third-order valence-corrected chi connectivity index (χ3v) is 3.93. The summed E-state index contributed by atoms with van der Waals surface area (Å²) < 4.78 is 11.0. The van der Waals surface area contributed by atoms with Gasteiger partial charge in [0.15, 0.2) is 5.76 Å². The molecule has 1 aromatic heterocycles. The van der Waals surface area contributed by atoms with Crippen molar-refractivity contribution >= 4 is 17.3 Å². The molecule has 0 unspecified atom stereocenters. The molecule has 0 fully saturated rings. The highest BCUT2D eigenvalue weighted by Crippen LogP contribution is 2.24. The maximum atomic E-state index is 12.3. The van der Waals surface area contributed by atoms with Gasteiger partial charge in [0, 0.05) is 11.6 Å². The van der Waals surface area contributed by atoms with Gasteiger partial charge in [0.2, 0.25) is 0 Å². The van der Waals surface area contributed by atoms with Crippen LogP contribution >= 0.6 is 0 Å². The average molecular weight is 377 g/mol. The second kappa shape index (κ2) is 8.05. The molecule has 0 saturated heterocycles. The molecule has 2 aromatic carbocycles. The molecule has 3 rings (SSSR count). The number of anilines is 1. The van der Waals surface area contributed by atoms with Gasteiger partial charge in [-0.25, -0.2) is 0 Å². The number of hydrogen-bond donors (Lipinski definition) is 1. The second-order valence-corrected chi connectivity index (χ2v) is 5.87. The Morgan fingerprint density at radius 1 is 1.25 bits per heavy atom. The van der Waals surface area contributed by atoms with Crippen molar-refractivity contribution in [1.82, 2.24) is 0 Å². The molecule has 0 aliphatic heterocycles. The van der Waals surface area contributed by atoms with Gasteiger partial charge in [0.1, 0.15) is 24.2 Å². The lowest BCUT2D eigenvalue weighted by molar-refractivity contribution is -0.385. The summed E-state index contributed by atoms with van der Waals surface area (Å²) in [7, 11) is 0. The molecular weight excluding hydrogens is 362 g/mol. The van der Waals surface area contributed by atoms with Crippen LogP contribution < -0.4 is 10.1 Å². The number of nitro groups is 1. The Balaban J connectivity index is 1.64. The Morgan fingerprint density at radius 3 is 2.75 bits per heavy atom. The van der Waals surface area contributed by atoms with Gasteiger partial charge in [-0.3, -0.25) is 14.9 Å². The lowest BCUT2D eigenvalue weighted by Gasteiger charge is -2.06. The molecule has 1 amide bonds. The number of ether oxygens (including phenoxy) is 1. The van der Waals surface area contributed by atoms with Crippen LogP contribution in [0.15, 0.2) is 59.0 Å². The van der Waals surface area contributed by atoms with E-state index in [9.17, 15) is 14.9 Å². The number of amides is 1. The monoisotopic (exact) mass is 377 g/mol. The van der Waals surface area contributed by atoms with Gasteiger partial charge in [-0.1, -0.05) is 12.1 Å². The Labute approximate surface area is 160 Å². The number of nitrogens with one attached hydrogen (secondary N) is 1. The van der Waals surface area contributed by atoms with Gasteiger partial charge in [0.25, 0.3) is 11.6 Å². The molecule has 1 N–H and O–H groups in total. The highest BCUT2D eigenvalue weighted by molar-refractivity contribution is 6.03. The van der Waals surface area contributed by atoms with Crippen LogP contribution in [0.4, 0.5) is 11.4 Å². The van der Waals surface area contributed by atoms with E-state index in [1.807, 2.05) is 6.07 Å². The number of nitro benzene ring substituents is 1. The number of carbonyl (C=O) groups is 1. The van der Waals surface area contributed by atoms with Gasteiger partial charge >= 0.3 is 0 Å².